The molecule has 0 aliphatic heterocycles. The van der Waals surface area contributed by atoms with E-state index < -0.39 is 5.54 Å². The Morgan fingerprint density at radius 3 is 2.29 bits per heavy atom. The number of benzene rings is 1. The number of hydrogen-bond donors (Lipinski definition) is 1. The van der Waals surface area contributed by atoms with Gasteiger partial charge in [0.2, 0.25) is 0 Å². The molecule has 1 atom stereocenters. The van der Waals surface area contributed by atoms with E-state index in [1.807, 2.05) is 33.8 Å². The molecule has 78 valence electrons. The maximum atomic E-state index is 13.2. The lowest BCUT2D eigenvalue weighted by Crippen LogP contribution is -2.38. The molecule has 1 nitrogen and oxygen atoms in total. The van der Waals surface area contributed by atoms with Gasteiger partial charge in [0.05, 0.1) is 0 Å². The van der Waals surface area contributed by atoms with Gasteiger partial charge in [-0.15, -0.1) is 0 Å². The highest BCUT2D eigenvalue weighted by Crippen LogP contribution is 2.27. The van der Waals surface area contributed by atoms with Crippen molar-refractivity contribution in [3.05, 3.63) is 35.1 Å². The Kier molecular flexibility index (Phi) is 2.95. The second-order valence-electron chi connectivity index (χ2n) is 4.45. The first kappa shape index (κ1) is 11.2. The Balaban J connectivity index is 3.18. The second-order valence-corrected chi connectivity index (χ2v) is 4.45. The smallest absolute Gasteiger partial charge is 0.123 e. The van der Waals surface area contributed by atoms with Crippen LogP contribution in [0.15, 0.2) is 18.2 Å². The van der Waals surface area contributed by atoms with Crippen molar-refractivity contribution >= 4 is 0 Å². The van der Waals surface area contributed by atoms with E-state index >= 15 is 0 Å². The summed E-state index contributed by atoms with van der Waals surface area (Å²) >= 11 is 0. The van der Waals surface area contributed by atoms with Crippen molar-refractivity contribution in [1.29, 1.82) is 0 Å². The van der Waals surface area contributed by atoms with E-state index in [0.717, 1.165) is 11.1 Å². The molecule has 1 aromatic rings. The van der Waals surface area contributed by atoms with Crippen LogP contribution in [0.25, 0.3) is 0 Å². The van der Waals surface area contributed by atoms with Crippen LogP contribution >= 0.6 is 0 Å². The molecule has 0 aliphatic carbocycles. The van der Waals surface area contributed by atoms with Gasteiger partial charge in [0.15, 0.2) is 0 Å². The molecule has 1 aromatic carbocycles. The zero-order valence-corrected chi connectivity index (χ0v) is 9.26. The minimum Gasteiger partial charge on any atom is -0.321 e. The third kappa shape index (κ3) is 2.13. The SMILES string of the molecule is Cc1cc(F)cc(C(C)(N)C(C)C)c1. The number of aryl methyl sites for hydroxylation is 1. The van der Waals surface area contributed by atoms with Crippen molar-refractivity contribution in [2.24, 2.45) is 11.7 Å². The van der Waals surface area contributed by atoms with Crippen LogP contribution in [-0.2, 0) is 5.54 Å². The zero-order chi connectivity index (χ0) is 10.9. The summed E-state index contributed by atoms with van der Waals surface area (Å²) in [6.07, 6.45) is 0. The molecule has 0 aromatic heterocycles. The quantitative estimate of drug-likeness (QED) is 0.771. The number of nitrogens with two attached hydrogens (primary N) is 1. The van der Waals surface area contributed by atoms with Crippen LogP contribution in [0.3, 0.4) is 0 Å². The van der Waals surface area contributed by atoms with E-state index in [1.165, 1.54) is 12.1 Å². The fraction of sp³-hybridized carbons (Fsp3) is 0.500. The van der Waals surface area contributed by atoms with Gasteiger partial charge in [-0.05, 0) is 43.0 Å². The molecule has 0 aliphatic rings. The molecule has 0 amide bonds. The van der Waals surface area contributed by atoms with Gasteiger partial charge in [0.1, 0.15) is 5.82 Å². The Morgan fingerprint density at radius 2 is 1.86 bits per heavy atom. The summed E-state index contributed by atoms with van der Waals surface area (Å²) in [7, 11) is 0. The summed E-state index contributed by atoms with van der Waals surface area (Å²) in [5.74, 6) is 0.0704. The summed E-state index contributed by atoms with van der Waals surface area (Å²) in [5, 5.41) is 0. The van der Waals surface area contributed by atoms with Gasteiger partial charge in [-0.2, -0.15) is 0 Å². The minimum atomic E-state index is -0.465. The first-order valence-corrected chi connectivity index (χ1v) is 4.90. The molecule has 2 N–H and O–H groups in total. The summed E-state index contributed by atoms with van der Waals surface area (Å²) in [4.78, 5) is 0. The highest BCUT2D eigenvalue weighted by atomic mass is 19.1. The Hall–Kier alpha value is -0.890. The third-order valence-electron chi connectivity index (χ3n) is 2.86. The van der Waals surface area contributed by atoms with Crippen LogP contribution < -0.4 is 5.73 Å². The van der Waals surface area contributed by atoms with Crippen molar-refractivity contribution in [2.75, 3.05) is 0 Å². The van der Waals surface area contributed by atoms with E-state index in [2.05, 4.69) is 0 Å². The van der Waals surface area contributed by atoms with E-state index in [-0.39, 0.29) is 11.7 Å². The van der Waals surface area contributed by atoms with E-state index in [9.17, 15) is 4.39 Å². The topological polar surface area (TPSA) is 26.0 Å². The number of hydrogen-bond acceptors (Lipinski definition) is 1. The summed E-state index contributed by atoms with van der Waals surface area (Å²) < 4.78 is 13.2. The zero-order valence-electron chi connectivity index (χ0n) is 9.26. The van der Waals surface area contributed by atoms with Gasteiger partial charge in [0, 0.05) is 5.54 Å². The predicted octanol–water partition coefficient (Wildman–Crippen LogP) is 2.96. The van der Waals surface area contributed by atoms with E-state index in [0.29, 0.717) is 0 Å². The van der Waals surface area contributed by atoms with E-state index in [4.69, 9.17) is 5.73 Å². The Labute approximate surface area is 85.1 Å². The normalized spacial score (nSPS) is 15.6. The van der Waals surface area contributed by atoms with Crippen LogP contribution in [0.5, 0.6) is 0 Å². The van der Waals surface area contributed by atoms with Gasteiger partial charge < -0.3 is 5.73 Å². The third-order valence-corrected chi connectivity index (χ3v) is 2.86. The lowest BCUT2D eigenvalue weighted by atomic mass is 9.82. The largest absolute Gasteiger partial charge is 0.321 e. The molecule has 0 spiro atoms. The van der Waals surface area contributed by atoms with Crippen LogP contribution in [0, 0.1) is 18.7 Å². The highest BCUT2D eigenvalue weighted by Gasteiger charge is 2.25. The molecular formula is C12H18FN. The molecule has 14 heavy (non-hydrogen) atoms. The van der Waals surface area contributed by atoms with Crippen molar-refractivity contribution in [3.8, 4) is 0 Å². The molecule has 0 saturated heterocycles. The van der Waals surface area contributed by atoms with E-state index in [1.54, 1.807) is 0 Å². The Bertz CT molecular complexity index is 309. The fourth-order valence-electron chi connectivity index (χ4n) is 1.38. The first-order chi connectivity index (χ1) is 6.34. The average molecular weight is 195 g/mol. The van der Waals surface area contributed by atoms with Crippen molar-refractivity contribution in [1.82, 2.24) is 0 Å². The number of halogens is 1. The lowest BCUT2D eigenvalue weighted by molar-refractivity contribution is 0.349. The summed E-state index contributed by atoms with van der Waals surface area (Å²) in [6, 6.07) is 4.98. The van der Waals surface area contributed by atoms with Gasteiger partial charge >= 0.3 is 0 Å². The van der Waals surface area contributed by atoms with Gasteiger partial charge in [-0.1, -0.05) is 19.9 Å². The molecule has 1 unspecified atom stereocenters. The van der Waals surface area contributed by atoms with Gasteiger partial charge in [-0.3, -0.25) is 0 Å². The van der Waals surface area contributed by atoms with Gasteiger partial charge in [-0.25, -0.2) is 4.39 Å². The molecule has 0 fully saturated rings. The average Bonchev–Trinajstić information content (AvgIpc) is 2.01. The predicted molar refractivity (Wildman–Crippen MR) is 57.5 cm³/mol. The minimum absolute atomic E-state index is 0.211. The Morgan fingerprint density at radius 1 is 1.29 bits per heavy atom. The maximum absolute atomic E-state index is 13.2. The van der Waals surface area contributed by atoms with Crippen LogP contribution in [0.1, 0.15) is 31.9 Å². The number of rotatable bonds is 2. The van der Waals surface area contributed by atoms with Crippen LogP contribution in [0.4, 0.5) is 4.39 Å². The molecule has 0 bridgehead atoms. The van der Waals surface area contributed by atoms with Crippen molar-refractivity contribution in [3.63, 3.8) is 0 Å². The fourth-order valence-corrected chi connectivity index (χ4v) is 1.38. The summed E-state index contributed by atoms with van der Waals surface area (Å²) in [5.41, 5.74) is 7.47. The molecule has 1 rings (SSSR count). The van der Waals surface area contributed by atoms with Crippen LogP contribution in [-0.4, -0.2) is 0 Å². The standard InChI is InChI=1S/C12H18FN/c1-8(2)12(4,14)10-5-9(3)6-11(13)7-10/h5-8H,14H2,1-4H3. The molecular weight excluding hydrogens is 177 g/mol. The van der Waals surface area contributed by atoms with Crippen molar-refractivity contribution in [2.45, 2.75) is 33.2 Å². The molecule has 0 heterocycles. The van der Waals surface area contributed by atoms with Crippen molar-refractivity contribution < 1.29 is 4.39 Å². The monoisotopic (exact) mass is 195 g/mol. The molecule has 0 radical (unpaired) electrons. The van der Waals surface area contributed by atoms with Crippen LogP contribution in [0.2, 0.25) is 0 Å². The van der Waals surface area contributed by atoms with Gasteiger partial charge in [0.25, 0.3) is 0 Å². The second kappa shape index (κ2) is 3.70. The molecule has 2 heteroatoms. The first-order valence-electron chi connectivity index (χ1n) is 4.90. The maximum Gasteiger partial charge on any atom is 0.123 e. The molecule has 0 saturated carbocycles. The summed E-state index contributed by atoms with van der Waals surface area (Å²) in [6.45, 7) is 7.90. The highest BCUT2D eigenvalue weighted by molar-refractivity contribution is 5.29. The lowest BCUT2D eigenvalue weighted by Gasteiger charge is -2.30.